The van der Waals surface area contributed by atoms with Crippen LogP contribution in [-0.2, 0) is 0 Å². The lowest BCUT2D eigenvalue weighted by molar-refractivity contribution is 0.439. The van der Waals surface area contributed by atoms with Crippen molar-refractivity contribution < 1.29 is 0 Å². The Kier molecular flexibility index (Phi) is 3.32. The van der Waals surface area contributed by atoms with Crippen LogP contribution in [0.2, 0.25) is 0 Å². The number of nitrogens with one attached hydrogen (secondary N) is 1. The van der Waals surface area contributed by atoms with Gasteiger partial charge in [0.05, 0.1) is 0 Å². The van der Waals surface area contributed by atoms with E-state index in [0.29, 0.717) is 11.0 Å². The standard InChI is InChI=1S/C14H17BrN2S/c15-11-7-10(14(16)18)3-4-12(11)17-13-6-8-1-2-9(13)5-8/h3-4,7-9,13,17H,1-2,5-6H2,(H2,16,18). The van der Waals surface area contributed by atoms with Gasteiger partial charge in [-0.3, -0.25) is 0 Å². The van der Waals surface area contributed by atoms with Gasteiger partial charge in [-0.05, 0) is 65.2 Å². The summed E-state index contributed by atoms with van der Waals surface area (Å²) in [6.07, 6.45) is 5.57. The molecular formula is C14H17BrN2S. The third-order valence-electron chi connectivity index (χ3n) is 4.33. The third kappa shape index (κ3) is 2.28. The highest BCUT2D eigenvalue weighted by molar-refractivity contribution is 9.10. The van der Waals surface area contributed by atoms with Crippen molar-refractivity contribution in [3.05, 3.63) is 28.2 Å². The quantitative estimate of drug-likeness (QED) is 0.833. The molecule has 0 aromatic heterocycles. The van der Waals surface area contributed by atoms with E-state index in [1.165, 1.54) is 25.7 Å². The lowest BCUT2D eigenvalue weighted by Gasteiger charge is -2.24. The summed E-state index contributed by atoms with van der Waals surface area (Å²) < 4.78 is 1.05. The zero-order chi connectivity index (χ0) is 12.7. The summed E-state index contributed by atoms with van der Waals surface area (Å²) in [5.41, 5.74) is 7.71. The molecule has 2 bridgehead atoms. The van der Waals surface area contributed by atoms with Gasteiger partial charge in [-0.15, -0.1) is 0 Å². The van der Waals surface area contributed by atoms with Crippen molar-refractivity contribution in [1.82, 2.24) is 0 Å². The Bertz CT molecular complexity index is 489. The van der Waals surface area contributed by atoms with Gasteiger partial charge in [0.2, 0.25) is 0 Å². The molecule has 96 valence electrons. The number of nitrogens with two attached hydrogens (primary N) is 1. The topological polar surface area (TPSA) is 38.0 Å². The fourth-order valence-corrected chi connectivity index (χ4v) is 4.03. The predicted octanol–water partition coefficient (Wildman–Crippen LogP) is 3.68. The van der Waals surface area contributed by atoms with Gasteiger partial charge in [0, 0.05) is 21.8 Å². The molecular weight excluding hydrogens is 308 g/mol. The zero-order valence-corrected chi connectivity index (χ0v) is 12.6. The molecule has 0 aliphatic heterocycles. The number of thiocarbonyl (C=S) groups is 1. The fourth-order valence-electron chi connectivity index (χ4n) is 3.41. The smallest absolute Gasteiger partial charge is 0.104 e. The molecule has 0 heterocycles. The van der Waals surface area contributed by atoms with Gasteiger partial charge < -0.3 is 11.1 Å². The Balaban J connectivity index is 1.75. The van der Waals surface area contributed by atoms with Crippen molar-refractivity contribution in [3.63, 3.8) is 0 Å². The summed E-state index contributed by atoms with van der Waals surface area (Å²) in [7, 11) is 0. The van der Waals surface area contributed by atoms with Crippen LogP contribution in [-0.4, -0.2) is 11.0 Å². The van der Waals surface area contributed by atoms with Crippen LogP contribution >= 0.6 is 28.1 Å². The van der Waals surface area contributed by atoms with Crippen molar-refractivity contribution >= 4 is 38.8 Å². The number of anilines is 1. The molecule has 1 aromatic carbocycles. The van der Waals surface area contributed by atoms with Crippen LogP contribution in [0.25, 0.3) is 0 Å². The Morgan fingerprint density at radius 1 is 1.33 bits per heavy atom. The third-order valence-corrected chi connectivity index (χ3v) is 5.22. The van der Waals surface area contributed by atoms with Crippen LogP contribution in [0.3, 0.4) is 0 Å². The minimum Gasteiger partial charge on any atom is -0.389 e. The molecule has 2 fully saturated rings. The Morgan fingerprint density at radius 3 is 2.72 bits per heavy atom. The van der Waals surface area contributed by atoms with E-state index in [2.05, 4.69) is 27.3 Å². The molecule has 18 heavy (non-hydrogen) atoms. The number of benzene rings is 1. The number of rotatable bonds is 3. The molecule has 1 aromatic rings. The molecule has 3 N–H and O–H groups in total. The highest BCUT2D eigenvalue weighted by atomic mass is 79.9. The van der Waals surface area contributed by atoms with Gasteiger partial charge in [-0.1, -0.05) is 18.6 Å². The molecule has 3 atom stereocenters. The van der Waals surface area contributed by atoms with Crippen LogP contribution in [0, 0.1) is 11.8 Å². The van der Waals surface area contributed by atoms with Crippen LogP contribution in [0.5, 0.6) is 0 Å². The maximum atomic E-state index is 5.64. The number of halogens is 1. The van der Waals surface area contributed by atoms with Gasteiger partial charge >= 0.3 is 0 Å². The number of fused-ring (bicyclic) bond motifs is 2. The summed E-state index contributed by atoms with van der Waals surface area (Å²) in [6, 6.07) is 6.71. The minimum atomic E-state index is 0.446. The van der Waals surface area contributed by atoms with Gasteiger partial charge in [0.15, 0.2) is 0 Å². The second-order valence-electron chi connectivity index (χ2n) is 5.48. The molecule has 3 unspecified atom stereocenters. The Labute approximate surface area is 121 Å². The SMILES string of the molecule is NC(=S)c1ccc(NC2CC3CCC2C3)c(Br)c1. The summed E-state index contributed by atoms with van der Waals surface area (Å²) in [4.78, 5) is 0.446. The van der Waals surface area contributed by atoms with Crippen LogP contribution in [0.4, 0.5) is 5.69 Å². The lowest BCUT2D eigenvalue weighted by atomic mass is 9.95. The molecule has 0 radical (unpaired) electrons. The van der Waals surface area contributed by atoms with Gasteiger partial charge in [-0.2, -0.15) is 0 Å². The lowest BCUT2D eigenvalue weighted by Crippen LogP contribution is -2.26. The first-order chi connectivity index (χ1) is 8.63. The summed E-state index contributed by atoms with van der Waals surface area (Å²) in [5.74, 6) is 1.83. The number of hydrogen-bond acceptors (Lipinski definition) is 2. The van der Waals surface area contributed by atoms with E-state index in [9.17, 15) is 0 Å². The molecule has 2 saturated carbocycles. The largest absolute Gasteiger partial charge is 0.389 e. The van der Waals surface area contributed by atoms with Gasteiger partial charge in [-0.25, -0.2) is 0 Å². The number of hydrogen-bond donors (Lipinski definition) is 2. The van der Waals surface area contributed by atoms with Crippen molar-refractivity contribution in [2.75, 3.05) is 5.32 Å². The van der Waals surface area contributed by atoms with Crippen molar-refractivity contribution in [3.8, 4) is 0 Å². The minimum absolute atomic E-state index is 0.446. The van der Waals surface area contributed by atoms with E-state index in [1.807, 2.05) is 12.1 Å². The molecule has 0 amide bonds. The maximum absolute atomic E-state index is 5.64. The van der Waals surface area contributed by atoms with Crippen molar-refractivity contribution in [2.24, 2.45) is 17.6 Å². The summed E-state index contributed by atoms with van der Waals surface area (Å²) in [5, 5.41) is 3.68. The van der Waals surface area contributed by atoms with E-state index < -0.39 is 0 Å². The average Bonchev–Trinajstić information content (AvgIpc) is 2.93. The summed E-state index contributed by atoms with van der Waals surface area (Å²) >= 11 is 8.59. The molecule has 3 rings (SSSR count). The molecule has 0 spiro atoms. The average molecular weight is 325 g/mol. The molecule has 2 aliphatic rings. The van der Waals surface area contributed by atoms with E-state index in [4.69, 9.17) is 18.0 Å². The second kappa shape index (κ2) is 4.82. The van der Waals surface area contributed by atoms with Crippen LogP contribution < -0.4 is 11.1 Å². The highest BCUT2D eigenvalue weighted by Crippen LogP contribution is 2.46. The first-order valence-corrected chi connectivity index (χ1v) is 7.69. The van der Waals surface area contributed by atoms with Crippen molar-refractivity contribution in [2.45, 2.75) is 31.7 Å². The van der Waals surface area contributed by atoms with Gasteiger partial charge in [0.1, 0.15) is 4.99 Å². The van der Waals surface area contributed by atoms with Crippen LogP contribution in [0.15, 0.2) is 22.7 Å². The first kappa shape index (κ1) is 12.4. The molecule has 2 nitrogen and oxygen atoms in total. The second-order valence-corrected chi connectivity index (χ2v) is 6.78. The Morgan fingerprint density at radius 2 is 2.17 bits per heavy atom. The Hall–Kier alpha value is -0.610. The normalized spacial score (nSPS) is 29.5. The van der Waals surface area contributed by atoms with Gasteiger partial charge in [0.25, 0.3) is 0 Å². The highest BCUT2D eigenvalue weighted by Gasteiger charge is 2.39. The van der Waals surface area contributed by atoms with Crippen LogP contribution in [0.1, 0.15) is 31.2 Å². The van der Waals surface area contributed by atoms with E-state index in [-0.39, 0.29) is 0 Å². The van der Waals surface area contributed by atoms with E-state index in [1.54, 1.807) is 0 Å². The van der Waals surface area contributed by atoms with E-state index in [0.717, 1.165) is 27.6 Å². The maximum Gasteiger partial charge on any atom is 0.104 e. The molecule has 2 aliphatic carbocycles. The first-order valence-electron chi connectivity index (χ1n) is 6.49. The molecule has 4 heteroatoms. The molecule has 0 saturated heterocycles. The predicted molar refractivity (Wildman–Crippen MR) is 82.9 cm³/mol. The van der Waals surface area contributed by atoms with Crippen molar-refractivity contribution in [1.29, 1.82) is 0 Å². The zero-order valence-electron chi connectivity index (χ0n) is 10.2. The monoisotopic (exact) mass is 324 g/mol. The fraction of sp³-hybridized carbons (Fsp3) is 0.500. The van der Waals surface area contributed by atoms with E-state index >= 15 is 0 Å². The summed E-state index contributed by atoms with van der Waals surface area (Å²) in [6.45, 7) is 0.